The molecular weight excluding hydrogens is 773 g/mol. The van der Waals surface area contributed by atoms with Gasteiger partial charge in [-0.15, -0.1) is 0 Å². The average molecular weight is 823 g/mol. The lowest BCUT2D eigenvalue weighted by Crippen LogP contribution is -2.32. The molecule has 0 unspecified atom stereocenters. The fourth-order valence-corrected chi connectivity index (χ4v) is 8.36. The quantitative estimate of drug-likeness (QED) is 0.200. The summed E-state index contributed by atoms with van der Waals surface area (Å²) in [6.07, 6.45) is 15.3. The number of amides is 2. The fourth-order valence-electron chi connectivity index (χ4n) is 8.36. The molecule has 5 heterocycles. The summed E-state index contributed by atoms with van der Waals surface area (Å²) in [5.74, 6) is 3.42. The van der Waals surface area contributed by atoms with E-state index in [1.165, 1.54) is 0 Å². The highest BCUT2D eigenvalue weighted by atomic mass is 16.5. The minimum atomic E-state index is -0.202. The standard InChI is InChI=1S/C49H50N4O8/c1-56-38-14-10-32(11-15-38)34-22-36-28-50-42-26-46-44(24-40(42)48(54)52(36)30-34)58-18-7-5-3-4-6-8-19-59-45-25-41-43(27-47(45)61-21-9-20-60-46)51-29-37-23-35(31-53(37)49(41)55)33-12-16-39(57-2)17-13-33/h10-17,24-31,36-37H,3-9,18-23H2,1-2H3/t36-,37-/m0/s1. The third-order valence-corrected chi connectivity index (χ3v) is 11.8. The summed E-state index contributed by atoms with van der Waals surface area (Å²) < 4.78 is 36.0. The molecule has 12 heteroatoms. The lowest BCUT2D eigenvalue weighted by molar-refractivity contribution is 0.0809. The van der Waals surface area contributed by atoms with Crippen LogP contribution in [0.4, 0.5) is 11.4 Å². The molecule has 9 rings (SSSR count). The van der Waals surface area contributed by atoms with Gasteiger partial charge in [-0.05, 0) is 71.5 Å². The minimum absolute atomic E-state index is 0.128. The first-order chi connectivity index (χ1) is 29.9. The topological polar surface area (TPSA) is 121 Å². The Labute approximate surface area is 356 Å². The van der Waals surface area contributed by atoms with Crippen LogP contribution in [0.3, 0.4) is 0 Å². The highest BCUT2D eigenvalue weighted by Gasteiger charge is 2.35. The van der Waals surface area contributed by atoms with Gasteiger partial charge in [-0.1, -0.05) is 49.9 Å². The predicted molar refractivity (Wildman–Crippen MR) is 235 cm³/mol. The van der Waals surface area contributed by atoms with Crippen molar-refractivity contribution in [2.75, 3.05) is 40.6 Å². The zero-order valence-electron chi connectivity index (χ0n) is 34.6. The number of fused-ring (bicyclic) bond motifs is 6. The van der Waals surface area contributed by atoms with Crippen LogP contribution in [0.2, 0.25) is 0 Å². The first-order valence-electron chi connectivity index (χ1n) is 21.3. The summed E-state index contributed by atoms with van der Waals surface area (Å²) in [4.78, 5) is 41.3. The number of rotatable bonds is 4. The lowest BCUT2D eigenvalue weighted by Gasteiger charge is -2.20. The Morgan fingerprint density at radius 2 is 0.885 bits per heavy atom. The Morgan fingerprint density at radius 1 is 0.508 bits per heavy atom. The van der Waals surface area contributed by atoms with E-state index in [1.54, 1.807) is 36.2 Å². The molecule has 0 aromatic heterocycles. The smallest absolute Gasteiger partial charge is 0.260 e. The highest BCUT2D eigenvalue weighted by molar-refractivity contribution is 6.06. The number of ether oxygens (including phenoxy) is 6. The molecular formula is C49H50N4O8. The van der Waals surface area contributed by atoms with Crippen LogP contribution in [0, 0.1) is 0 Å². The van der Waals surface area contributed by atoms with Gasteiger partial charge in [-0.2, -0.15) is 0 Å². The van der Waals surface area contributed by atoms with Crippen molar-refractivity contribution < 1.29 is 38.0 Å². The van der Waals surface area contributed by atoms with Crippen LogP contribution in [-0.4, -0.2) is 86.8 Å². The Hall–Kier alpha value is -6.56. The van der Waals surface area contributed by atoms with Crippen LogP contribution in [0.1, 0.15) is 89.6 Å². The molecule has 0 N–H and O–H groups in total. The highest BCUT2D eigenvalue weighted by Crippen LogP contribution is 2.42. The normalized spacial score (nSPS) is 20.4. The Kier molecular flexibility index (Phi) is 11.7. The molecule has 12 nitrogen and oxygen atoms in total. The van der Waals surface area contributed by atoms with Crippen LogP contribution in [0.5, 0.6) is 34.5 Å². The molecule has 0 saturated heterocycles. The van der Waals surface area contributed by atoms with Gasteiger partial charge in [-0.3, -0.25) is 19.6 Å². The Morgan fingerprint density at radius 3 is 1.30 bits per heavy atom. The molecule has 4 aromatic carbocycles. The Bertz CT molecular complexity index is 2240. The van der Waals surface area contributed by atoms with E-state index in [-0.39, 0.29) is 23.9 Å². The summed E-state index contributed by atoms with van der Waals surface area (Å²) in [5.41, 5.74) is 6.25. The number of benzene rings is 4. The maximum atomic E-state index is 14.1. The van der Waals surface area contributed by atoms with Gasteiger partial charge in [0, 0.05) is 56.2 Å². The third-order valence-electron chi connectivity index (χ3n) is 11.8. The number of hydrogen-bond donors (Lipinski definition) is 0. The van der Waals surface area contributed by atoms with E-state index in [1.807, 2.05) is 85.5 Å². The van der Waals surface area contributed by atoms with Gasteiger partial charge in [0.1, 0.15) is 11.5 Å². The zero-order chi connectivity index (χ0) is 41.7. The maximum Gasteiger partial charge on any atom is 0.260 e. The molecule has 5 aliphatic heterocycles. The van der Waals surface area contributed by atoms with Crippen LogP contribution >= 0.6 is 0 Å². The van der Waals surface area contributed by atoms with E-state index in [0.717, 1.165) is 72.3 Å². The van der Waals surface area contributed by atoms with Crippen LogP contribution in [0.25, 0.3) is 11.1 Å². The largest absolute Gasteiger partial charge is 0.497 e. The molecule has 0 spiro atoms. The average Bonchev–Trinajstić information content (AvgIpc) is 3.87. The van der Waals surface area contributed by atoms with Gasteiger partial charge >= 0.3 is 0 Å². The van der Waals surface area contributed by atoms with Crippen molar-refractivity contribution in [3.05, 3.63) is 107 Å². The molecule has 0 radical (unpaired) electrons. The first-order valence-corrected chi connectivity index (χ1v) is 21.3. The van der Waals surface area contributed by atoms with Crippen molar-refractivity contribution in [3.63, 3.8) is 0 Å². The maximum absolute atomic E-state index is 14.1. The van der Waals surface area contributed by atoms with Crippen molar-refractivity contribution in [1.29, 1.82) is 0 Å². The van der Waals surface area contributed by atoms with E-state index in [9.17, 15) is 9.59 Å². The molecule has 314 valence electrons. The van der Waals surface area contributed by atoms with Crippen molar-refractivity contribution >= 4 is 46.8 Å². The summed E-state index contributed by atoms with van der Waals surface area (Å²) in [7, 11) is 3.30. The van der Waals surface area contributed by atoms with Crippen molar-refractivity contribution in [2.24, 2.45) is 9.98 Å². The van der Waals surface area contributed by atoms with Crippen molar-refractivity contribution in [2.45, 2.75) is 69.9 Å². The fraction of sp³-hybridized carbons (Fsp3) is 0.347. The molecule has 0 bridgehead atoms. The van der Waals surface area contributed by atoms with Crippen molar-refractivity contribution in [3.8, 4) is 34.5 Å². The van der Waals surface area contributed by atoms with Crippen LogP contribution in [-0.2, 0) is 0 Å². The SMILES string of the molecule is COc1ccc(C2=CN3C(=O)c4cc5c(cc4N=C[C@@H]3C2)OCCCOc2cc3c(cc2OCCCCCCCCO5)C(=O)N2C=C(c4ccc(OC)cc4)C[C@H]2C=N3)cc1. The number of methoxy groups -OCH3 is 2. The van der Waals surface area contributed by atoms with Crippen molar-refractivity contribution in [1.82, 2.24) is 9.80 Å². The van der Waals surface area contributed by atoms with Crippen LogP contribution in [0.15, 0.2) is 95.2 Å². The summed E-state index contributed by atoms with van der Waals surface area (Å²) in [6.45, 7) is 1.66. The second kappa shape index (κ2) is 18.0. The number of aliphatic imine (C=N–C) groups is 2. The molecule has 61 heavy (non-hydrogen) atoms. The molecule has 0 fully saturated rings. The predicted octanol–water partition coefficient (Wildman–Crippen LogP) is 9.61. The van der Waals surface area contributed by atoms with Gasteiger partial charge in [0.2, 0.25) is 0 Å². The van der Waals surface area contributed by atoms with E-state index < -0.39 is 0 Å². The van der Waals surface area contributed by atoms with E-state index in [4.69, 9.17) is 38.4 Å². The molecule has 2 atom stereocenters. The number of carbonyl (C=O) groups is 2. The zero-order valence-corrected chi connectivity index (χ0v) is 34.6. The minimum Gasteiger partial charge on any atom is -0.497 e. The lowest BCUT2D eigenvalue weighted by atomic mass is 10.0. The first kappa shape index (κ1) is 39.9. The van der Waals surface area contributed by atoms with E-state index >= 15 is 0 Å². The molecule has 0 saturated carbocycles. The van der Waals surface area contributed by atoms with Gasteiger partial charge in [0.25, 0.3) is 11.8 Å². The van der Waals surface area contributed by atoms with Gasteiger partial charge in [0.05, 0.1) is 75.2 Å². The van der Waals surface area contributed by atoms with Gasteiger partial charge < -0.3 is 38.2 Å². The molecule has 2 amide bonds. The summed E-state index contributed by atoms with van der Waals surface area (Å²) >= 11 is 0. The van der Waals surface area contributed by atoms with Crippen LogP contribution < -0.4 is 28.4 Å². The Balaban J connectivity index is 0.913. The number of nitrogens with zero attached hydrogens (tertiary/aromatic N) is 4. The molecule has 0 aliphatic carbocycles. The third kappa shape index (κ3) is 8.57. The number of hydrogen-bond acceptors (Lipinski definition) is 10. The van der Waals surface area contributed by atoms with E-state index in [0.29, 0.717) is 91.2 Å². The van der Waals surface area contributed by atoms with Gasteiger partial charge in [-0.25, -0.2) is 0 Å². The summed E-state index contributed by atoms with van der Waals surface area (Å²) in [5, 5.41) is 0. The second-order valence-corrected chi connectivity index (χ2v) is 15.8. The number of carbonyl (C=O) groups excluding carboxylic acids is 2. The summed E-state index contributed by atoms with van der Waals surface area (Å²) in [6, 6.07) is 22.6. The van der Waals surface area contributed by atoms with E-state index in [2.05, 4.69) is 0 Å². The molecule has 5 aliphatic rings. The second-order valence-electron chi connectivity index (χ2n) is 15.8. The monoisotopic (exact) mass is 822 g/mol. The van der Waals surface area contributed by atoms with Gasteiger partial charge in [0.15, 0.2) is 23.0 Å². The molecule has 4 aromatic rings.